The molecule has 114 valence electrons. The molecule has 0 spiro atoms. The minimum atomic E-state index is -3.36. The van der Waals surface area contributed by atoms with E-state index in [0.29, 0.717) is 11.3 Å². The maximum atomic E-state index is 12.0. The van der Waals surface area contributed by atoms with Gasteiger partial charge in [0, 0.05) is 17.3 Å². The lowest BCUT2D eigenvalue weighted by molar-refractivity contribution is -0.140. The third kappa shape index (κ3) is 5.78. The Morgan fingerprint density at radius 2 is 1.81 bits per heavy atom. The summed E-state index contributed by atoms with van der Waals surface area (Å²) < 4.78 is 29.4. The smallest absolute Gasteiger partial charge is 0.331 e. The van der Waals surface area contributed by atoms with E-state index in [0.717, 1.165) is 6.26 Å². The zero-order chi connectivity index (χ0) is 16.0. The van der Waals surface area contributed by atoms with Crippen molar-refractivity contribution in [3.8, 4) is 0 Å². The van der Waals surface area contributed by atoms with Gasteiger partial charge in [-0.25, -0.2) is 13.2 Å². The van der Waals surface area contributed by atoms with E-state index in [9.17, 15) is 18.0 Å². The molecule has 1 aromatic rings. The molecular weight excluding hydrogens is 294 g/mol. The van der Waals surface area contributed by atoms with Gasteiger partial charge in [-0.05, 0) is 38.1 Å². The van der Waals surface area contributed by atoms with Gasteiger partial charge in [-0.2, -0.15) is 0 Å². The normalized spacial score (nSPS) is 12.9. The van der Waals surface area contributed by atoms with Gasteiger partial charge >= 0.3 is 5.97 Å². The van der Waals surface area contributed by atoms with Crippen LogP contribution < -0.4 is 4.72 Å². The molecule has 0 radical (unpaired) electrons. The molecule has 0 amide bonds. The Morgan fingerprint density at radius 1 is 1.24 bits per heavy atom. The topological polar surface area (TPSA) is 89.5 Å². The molecule has 0 aromatic heterocycles. The number of anilines is 1. The average Bonchev–Trinajstić information content (AvgIpc) is 2.37. The average molecular weight is 311 g/mol. The molecule has 0 bridgehead atoms. The van der Waals surface area contributed by atoms with Gasteiger partial charge in [-0.15, -0.1) is 0 Å². The molecule has 1 atom stereocenters. The van der Waals surface area contributed by atoms with E-state index >= 15 is 0 Å². The second-order valence-electron chi connectivity index (χ2n) is 4.39. The van der Waals surface area contributed by atoms with Crippen molar-refractivity contribution >= 4 is 27.5 Å². The highest BCUT2D eigenvalue weighted by Crippen LogP contribution is 2.13. The van der Waals surface area contributed by atoms with Crippen molar-refractivity contribution in [1.29, 1.82) is 0 Å². The van der Waals surface area contributed by atoms with Crippen molar-refractivity contribution < 1.29 is 22.7 Å². The van der Waals surface area contributed by atoms with Crippen LogP contribution in [0.5, 0.6) is 0 Å². The van der Waals surface area contributed by atoms with Gasteiger partial charge in [0.05, 0.1) is 6.26 Å². The highest BCUT2D eigenvalue weighted by molar-refractivity contribution is 7.92. The Kier molecular flexibility index (Phi) is 5.66. The zero-order valence-electron chi connectivity index (χ0n) is 12.0. The quantitative estimate of drug-likeness (QED) is 0.491. The molecule has 1 rings (SSSR count). The van der Waals surface area contributed by atoms with Crippen molar-refractivity contribution in [1.82, 2.24) is 0 Å². The predicted octanol–water partition coefficient (Wildman–Crippen LogP) is 1.75. The van der Waals surface area contributed by atoms with E-state index in [4.69, 9.17) is 4.74 Å². The zero-order valence-corrected chi connectivity index (χ0v) is 12.8. The Hall–Kier alpha value is -2.15. The summed E-state index contributed by atoms with van der Waals surface area (Å²) in [5, 5.41) is 0. The SMILES string of the molecule is C/C=C/C(=O)O[C@H](C)C(=O)c1ccc(NS(C)(=O)=O)cc1. The van der Waals surface area contributed by atoms with Gasteiger partial charge in [-0.3, -0.25) is 9.52 Å². The van der Waals surface area contributed by atoms with Crippen LogP contribution in [0.1, 0.15) is 24.2 Å². The molecule has 1 aromatic carbocycles. The first-order chi connectivity index (χ1) is 9.73. The van der Waals surface area contributed by atoms with Crippen molar-refractivity contribution in [2.24, 2.45) is 0 Å². The number of carbonyl (C=O) groups is 2. The largest absolute Gasteiger partial charge is 0.451 e. The van der Waals surface area contributed by atoms with Crippen LogP contribution in [0.2, 0.25) is 0 Å². The standard InChI is InChI=1S/C14H17NO5S/c1-4-5-13(16)20-10(2)14(17)11-6-8-12(9-7-11)15-21(3,18)19/h4-10,15H,1-3H3/b5-4+/t10-/m1/s1. The van der Waals surface area contributed by atoms with Crippen molar-refractivity contribution in [2.75, 3.05) is 11.0 Å². The third-order valence-corrected chi connectivity index (χ3v) is 3.04. The summed E-state index contributed by atoms with van der Waals surface area (Å²) >= 11 is 0. The number of carbonyl (C=O) groups excluding carboxylic acids is 2. The van der Waals surface area contributed by atoms with Crippen LogP contribution in [0.25, 0.3) is 0 Å². The summed E-state index contributed by atoms with van der Waals surface area (Å²) in [5.74, 6) is -0.951. The van der Waals surface area contributed by atoms with E-state index in [1.807, 2.05) is 0 Å². The first-order valence-corrected chi connectivity index (χ1v) is 8.07. The van der Waals surface area contributed by atoms with Crippen LogP contribution in [0.3, 0.4) is 0 Å². The lowest BCUT2D eigenvalue weighted by Crippen LogP contribution is -2.23. The summed E-state index contributed by atoms with van der Waals surface area (Å²) in [4.78, 5) is 23.3. The predicted molar refractivity (Wildman–Crippen MR) is 79.6 cm³/mol. The Labute approximate surface area is 123 Å². The summed E-state index contributed by atoms with van der Waals surface area (Å²) in [6, 6.07) is 5.87. The number of benzene rings is 1. The van der Waals surface area contributed by atoms with Crippen molar-refractivity contribution in [2.45, 2.75) is 20.0 Å². The maximum absolute atomic E-state index is 12.0. The number of Topliss-reactive ketones (excluding diaryl/α,β-unsaturated/α-hetero) is 1. The van der Waals surface area contributed by atoms with Crippen LogP contribution in [-0.4, -0.2) is 32.5 Å². The van der Waals surface area contributed by atoms with Gasteiger partial charge in [0.2, 0.25) is 15.8 Å². The Bertz CT molecular complexity index is 646. The summed E-state index contributed by atoms with van der Waals surface area (Å²) in [6.45, 7) is 3.15. The molecule has 0 aliphatic heterocycles. The van der Waals surface area contributed by atoms with Crippen LogP contribution in [0.4, 0.5) is 5.69 Å². The minimum absolute atomic E-state index is 0.329. The van der Waals surface area contributed by atoms with Crippen molar-refractivity contribution in [3.05, 3.63) is 42.0 Å². The molecular formula is C14H17NO5S. The van der Waals surface area contributed by atoms with E-state index in [1.165, 1.54) is 43.3 Å². The summed E-state index contributed by atoms with van der Waals surface area (Å²) in [5.41, 5.74) is 0.683. The molecule has 0 heterocycles. The molecule has 0 saturated carbocycles. The van der Waals surface area contributed by atoms with E-state index in [-0.39, 0.29) is 5.78 Å². The van der Waals surface area contributed by atoms with Crippen LogP contribution >= 0.6 is 0 Å². The summed E-state index contributed by atoms with van der Waals surface area (Å²) in [6.07, 6.45) is 2.87. The lowest BCUT2D eigenvalue weighted by atomic mass is 10.1. The van der Waals surface area contributed by atoms with E-state index in [2.05, 4.69) is 4.72 Å². The molecule has 0 unspecified atom stereocenters. The van der Waals surface area contributed by atoms with Gasteiger partial charge in [-0.1, -0.05) is 6.08 Å². The first kappa shape index (κ1) is 16.9. The fourth-order valence-electron chi connectivity index (χ4n) is 1.55. The number of nitrogens with one attached hydrogen (secondary N) is 1. The fraction of sp³-hybridized carbons (Fsp3) is 0.286. The molecule has 0 fully saturated rings. The second-order valence-corrected chi connectivity index (χ2v) is 6.14. The lowest BCUT2D eigenvalue weighted by Gasteiger charge is -2.11. The number of ketones is 1. The number of allylic oxidation sites excluding steroid dienone is 1. The monoisotopic (exact) mass is 311 g/mol. The van der Waals surface area contributed by atoms with Crippen LogP contribution in [0.15, 0.2) is 36.4 Å². The Morgan fingerprint density at radius 3 is 2.29 bits per heavy atom. The second kappa shape index (κ2) is 7.03. The van der Waals surface area contributed by atoms with E-state index < -0.39 is 22.1 Å². The van der Waals surface area contributed by atoms with Gasteiger partial charge < -0.3 is 4.74 Å². The molecule has 21 heavy (non-hydrogen) atoms. The van der Waals surface area contributed by atoms with Gasteiger partial charge in [0.25, 0.3) is 0 Å². The van der Waals surface area contributed by atoms with Crippen molar-refractivity contribution in [3.63, 3.8) is 0 Å². The number of hydrogen-bond donors (Lipinski definition) is 1. The molecule has 6 nitrogen and oxygen atoms in total. The van der Waals surface area contributed by atoms with Crippen LogP contribution in [-0.2, 0) is 19.6 Å². The number of hydrogen-bond acceptors (Lipinski definition) is 5. The third-order valence-electron chi connectivity index (χ3n) is 2.44. The molecule has 7 heteroatoms. The first-order valence-electron chi connectivity index (χ1n) is 6.18. The van der Waals surface area contributed by atoms with E-state index in [1.54, 1.807) is 6.92 Å². The summed E-state index contributed by atoms with van der Waals surface area (Å²) in [7, 11) is -3.36. The minimum Gasteiger partial charge on any atom is -0.451 e. The highest BCUT2D eigenvalue weighted by atomic mass is 32.2. The molecule has 1 N–H and O–H groups in total. The maximum Gasteiger partial charge on any atom is 0.331 e. The number of rotatable bonds is 6. The number of sulfonamides is 1. The molecule has 0 aliphatic rings. The number of esters is 1. The number of ether oxygens (including phenoxy) is 1. The molecule has 0 aliphatic carbocycles. The van der Waals surface area contributed by atoms with Crippen LogP contribution in [0, 0.1) is 0 Å². The van der Waals surface area contributed by atoms with Gasteiger partial charge in [0.15, 0.2) is 6.10 Å². The highest BCUT2D eigenvalue weighted by Gasteiger charge is 2.18. The van der Waals surface area contributed by atoms with Gasteiger partial charge in [0.1, 0.15) is 0 Å². The molecule has 0 saturated heterocycles. The Balaban J connectivity index is 2.77. The fourth-order valence-corrected chi connectivity index (χ4v) is 2.12.